The normalized spacial score (nSPS) is 15.2. The van der Waals surface area contributed by atoms with E-state index < -0.39 is 10.0 Å². The molecule has 30 heavy (non-hydrogen) atoms. The van der Waals surface area contributed by atoms with Gasteiger partial charge >= 0.3 is 0 Å². The molecule has 2 heterocycles. The standard InChI is InChI=1S/C21H20ClN3O4S/c22-19-6-5-18(30(27,28)25-9-11-29-12-10-25)13-20(19)23-21(26)15-24-8-7-16-3-1-2-4-17(16)14-24/h1-8,13-14H,9-12,15H2/p+1. The number of amides is 1. The number of anilines is 1. The van der Waals surface area contributed by atoms with Crippen molar-refractivity contribution in [3.05, 3.63) is 65.9 Å². The summed E-state index contributed by atoms with van der Waals surface area (Å²) in [5.41, 5.74) is 0.261. The summed E-state index contributed by atoms with van der Waals surface area (Å²) in [6, 6.07) is 14.1. The molecule has 1 amide bonds. The molecular formula is C21H21ClN3O4S+. The van der Waals surface area contributed by atoms with Gasteiger partial charge in [-0.2, -0.15) is 8.87 Å². The highest BCUT2D eigenvalue weighted by atomic mass is 35.5. The molecule has 2 aromatic carbocycles. The fourth-order valence-corrected chi connectivity index (χ4v) is 4.93. The van der Waals surface area contributed by atoms with Crippen molar-refractivity contribution in [2.24, 2.45) is 0 Å². The number of nitrogens with zero attached hydrogens (tertiary/aromatic N) is 2. The third-order valence-corrected chi connectivity index (χ3v) is 7.12. The molecule has 9 heteroatoms. The first-order chi connectivity index (χ1) is 14.4. The first-order valence-electron chi connectivity index (χ1n) is 9.49. The Balaban J connectivity index is 1.52. The number of pyridine rings is 1. The van der Waals surface area contributed by atoms with E-state index in [0.717, 1.165) is 10.8 Å². The maximum atomic E-state index is 12.9. The molecule has 1 saturated heterocycles. The summed E-state index contributed by atoms with van der Waals surface area (Å²) in [5, 5.41) is 5.09. The van der Waals surface area contributed by atoms with Crippen molar-refractivity contribution in [2.45, 2.75) is 11.4 Å². The first-order valence-corrected chi connectivity index (χ1v) is 11.3. The van der Waals surface area contributed by atoms with Gasteiger partial charge in [0, 0.05) is 24.5 Å². The van der Waals surface area contributed by atoms with Gasteiger partial charge in [0.1, 0.15) is 0 Å². The molecule has 1 aliphatic rings. The SMILES string of the molecule is O=C(C[n+]1ccc2ccccc2c1)Nc1cc(S(=O)(=O)N2CCOCC2)ccc1Cl. The van der Waals surface area contributed by atoms with Crippen LogP contribution < -0.4 is 9.88 Å². The molecule has 3 aromatic rings. The topological polar surface area (TPSA) is 79.6 Å². The van der Waals surface area contributed by atoms with Crippen molar-refractivity contribution in [3.8, 4) is 0 Å². The van der Waals surface area contributed by atoms with Gasteiger partial charge in [-0.25, -0.2) is 8.42 Å². The van der Waals surface area contributed by atoms with E-state index in [1.165, 1.54) is 22.5 Å². The number of morpholine rings is 1. The number of benzene rings is 2. The van der Waals surface area contributed by atoms with Crippen molar-refractivity contribution >= 4 is 44.0 Å². The van der Waals surface area contributed by atoms with Crippen LogP contribution in [0.3, 0.4) is 0 Å². The Bertz CT molecular complexity index is 1190. The van der Waals surface area contributed by atoms with Gasteiger partial charge in [0.25, 0.3) is 5.91 Å². The average Bonchev–Trinajstić information content (AvgIpc) is 2.75. The summed E-state index contributed by atoms with van der Waals surface area (Å²) in [4.78, 5) is 12.7. The highest BCUT2D eigenvalue weighted by Crippen LogP contribution is 2.27. The number of carbonyl (C=O) groups excluding carboxylic acids is 1. The molecule has 1 N–H and O–H groups in total. The third kappa shape index (κ3) is 4.46. The molecule has 7 nitrogen and oxygen atoms in total. The van der Waals surface area contributed by atoms with Crippen LogP contribution in [0, 0.1) is 0 Å². The predicted octanol–water partition coefficient (Wildman–Crippen LogP) is 2.44. The Morgan fingerprint density at radius 3 is 2.60 bits per heavy atom. The highest BCUT2D eigenvalue weighted by Gasteiger charge is 2.27. The summed E-state index contributed by atoms with van der Waals surface area (Å²) >= 11 is 6.21. The minimum Gasteiger partial charge on any atom is -0.379 e. The van der Waals surface area contributed by atoms with Crippen LogP contribution in [0.4, 0.5) is 5.69 Å². The third-order valence-electron chi connectivity index (χ3n) is 4.89. The Morgan fingerprint density at radius 1 is 1.10 bits per heavy atom. The van der Waals surface area contributed by atoms with E-state index in [-0.39, 0.29) is 28.1 Å². The van der Waals surface area contributed by atoms with Gasteiger partial charge in [-0.05, 0) is 29.7 Å². The molecule has 0 saturated carbocycles. The summed E-state index contributed by atoms with van der Waals surface area (Å²) in [7, 11) is -3.68. The molecule has 0 spiro atoms. The van der Waals surface area contributed by atoms with Crippen LogP contribution in [0.1, 0.15) is 0 Å². The second kappa shape index (κ2) is 8.69. The fourth-order valence-electron chi connectivity index (χ4n) is 3.33. The molecular weight excluding hydrogens is 426 g/mol. The molecule has 4 rings (SSSR count). The lowest BCUT2D eigenvalue weighted by atomic mass is 10.2. The fraction of sp³-hybridized carbons (Fsp3) is 0.238. The van der Waals surface area contributed by atoms with Crippen molar-refractivity contribution in [3.63, 3.8) is 0 Å². The van der Waals surface area contributed by atoms with Gasteiger partial charge in [-0.1, -0.05) is 29.8 Å². The molecule has 156 valence electrons. The molecule has 0 unspecified atom stereocenters. The maximum Gasteiger partial charge on any atom is 0.290 e. The number of nitrogens with one attached hydrogen (secondary N) is 1. The van der Waals surface area contributed by atoms with E-state index in [9.17, 15) is 13.2 Å². The molecule has 0 aliphatic carbocycles. The minimum atomic E-state index is -3.68. The second-order valence-corrected chi connectivity index (χ2v) is 9.30. The number of aromatic nitrogens is 1. The summed E-state index contributed by atoms with van der Waals surface area (Å²) < 4.78 is 34.1. The lowest BCUT2D eigenvalue weighted by molar-refractivity contribution is -0.682. The van der Waals surface area contributed by atoms with Crippen LogP contribution in [0.15, 0.2) is 65.8 Å². The number of hydrogen-bond donors (Lipinski definition) is 1. The lowest BCUT2D eigenvalue weighted by Crippen LogP contribution is -2.40. The van der Waals surface area contributed by atoms with Gasteiger partial charge in [-0.15, -0.1) is 0 Å². The molecule has 1 aromatic heterocycles. The maximum absolute atomic E-state index is 12.9. The number of ether oxygens (including phenoxy) is 1. The van der Waals surface area contributed by atoms with Crippen LogP contribution >= 0.6 is 11.6 Å². The number of sulfonamides is 1. The molecule has 0 atom stereocenters. The van der Waals surface area contributed by atoms with E-state index in [1.807, 2.05) is 42.7 Å². The van der Waals surface area contributed by atoms with Crippen LogP contribution in [0.2, 0.25) is 5.02 Å². The van der Waals surface area contributed by atoms with E-state index >= 15 is 0 Å². The number of carbonyl (C=O) groups is 1. The molecule has 0 radical (unpaired) electrons. The smallest absolute Gasteiger partial charge is 0.290 e. The zero-order chi connectivity index (χ0) is 21.1. The van der Waals surface area contributed by atoms with Crippen LogP contribution in [-0.4, -0.2) is 44.9 Å². The molecule has 1 aliphatic heterocycles. The first kappa shape index (κ1) is 20.7. The van der Waals surface area contributed by atoms with Crippen molar-refractivity contribution in [1.82, 2.24) is 4.31 Å². The summed E-state index contributed by atoms with van der Waals surface area (Å²) in [6.45, 7) is 1.39. The van der Waals surface area contributed by atoms with Gasteiger partial charge in [0.15, 0.2) is 12.4 Å². The average molecular weight is 447 g/mol. The zero-order valence-corrected chi connectivity index (χ0v) is 17.7. The lowest BCUT2D eigenvalue weighted by Gasteiger charge is -2.26. The Morgan fingerprint density at radius 2 is 1.83 bits per heavy atom. The van der Waals surface area contributed by atoms with E-state index in [0.29, 0.717) is 26.3 Å². The van der Waals surface area contributed by atoms with Crippen LogP contribution in [0.5, 0.6) is 0 Å². The Hall–Kier alpha value is -2.52. The Kier molecular flexibility index (Phi) is 6.01. The van der Waals surface area contributed by atoms with E-state index in [1.54, 1.807) is 4.57 Å². The van der Waals surface area contributed by atoms with Gasteiger partial charge < -0.3 is 10.1 Å². The summed E-state index contributed by atoms with van der Waals surface area (Å²) in [5.74, 6) is -0.307. The van der Waals surface area contributed by atoms with Crippen molar-refractivity contribution in [2.75, 3.05) is 31.6 Å². The van der Waals surface area contributed by atoms with Crippen molar-refractivity contribution in [1.29, 1.82) is 0 Å². The predicted molar refractivity (Wildman–Crippen MR) is 114 cm³/mol. The van der Waals surface area contributed by atoms with Crippen molar-refractivity contribution < 1.29 is 22.5 Å². The quantitative estimate of drug-likeness (QED) is 0.610. The number of rotatable bonds is 5. The monoisotopic (exact) mass is 446 g/mol. The number of fused-ring (bicyclic) bond motifs is 1. The molecule has 0 bridgehead atoms. The molecule has 1 fully saturated rings. The largest absolute Gasteiger partial charge is 0.379 e. The second-order valence-electron chi connectivity index (χ2n) is 6.95. The number of halogens is 1. The van der Waals surface area contributed by atoms with Crippen LogP contribution in [0.25, 0.3) is 10.8 Å². The van der Waals surface area contributed by atoms with E-state index in [4.69, 9.17) is 16.3 Å². The highest BCUT2D eigenvalue weighted by molar-refractivity contribution is 7.89. The zero-order valence-electron chi connectivity index (χ0n) is 16.1. The summed E-state index contributed by atoms with van der Waals surface area (Å²) in [6.07, 6.45) is 3.71. The van der Waals surface area contributed by atoms with Gasteiger partial charge in [-0.3, -0.25) is 4.79 Å². The number of hydrogen-bond acceptors (Lipinski definition) is 4. The van der Waals surface area contributed by atoms with E-state index in [2.05, 4.69) is 5.32 Å². The minimum absolute atomic E-state index is 0.0710. The van der Waals surface area contributed by atoms with Crippen LogP contribution in [-0.2, 0) is 26.1 Å². The Labute approximate surface area is 179 Å². The van der Waals surface area contributed by atoms with Gasteiger partial charge in [0.2, 0.25) is 16.6 Å². The van der Waals surface area contributed by atoms with Gasteiger partial charge in [0.05, 0.1) is 28.8 Å².